The Bertz CT molecular complexity index is 445. The Morgan fingerprint density at radius 1 is 1.38 bits per heavy atom. The van der Waals surface area contributed by atoms with Crippen LogP contribution >= 0.6 is 0 Å². The molecule has 2 aromatic rings. The maximum absolute atomic E-state index is 6.85. The van der Waals surface area contributed by atoms with Gasteiger partial charge in [-0.1, -0.05) is 18.2 Å². The van der Waals surface area contributed by atoms with Gasteiger partial charge in [0, 0.05) is 18.5 Å². The third kappa shape index (κ3) is 1.18. The molecule has 1 N–H and O–H groups in total. The molecule has 0 saturated heterocycles. The molecule has 0 bridgehead atoms. The highest BCUT2D eigenvalue weighted by molar-refractivity contribution is 5.82. The zero-order chi connectivity index (χ0) is 9.26. The number of nitrogens with one attached hydrogen (secondary N) is 1. The van der Waals surface area contributed by atoms with Crippen molar-refractivity contribution in [3.63, 3.8) is 0 Å². The average molecular weight is 174 g/mol. The van der Waals surface area contributed by atoms with E-state index in [1.807, 2.05) is 41.9 Å². The molecular weight excluding hydrogens is 164 g/mol. The summed E-state index contributed by atoms with van der Waals surface area (Å²) >= 11 is 0. The second-order valence-corrected chi connectivity index (χ2v) is 2.84. The van der Waals surface area contributed by atoms with Crippen molar-refractivity contribution in [2.45, 2.75) is 0 Å². The molecule has 0 aliphatic carbocycles. The minimum absolute atomic E-state index is 0.691. The Hall–Kier alpha value is -1.77. The molecule has 0 radical (unpaired) electrons. The summed E-state index contributed by atoms with van der Waals surface area (Å²) < 4.78 is 6.94. The van der Waals surface area contributed by atoms with Crippen LogP contribution in [0.2, 0.25) is 0 Å². The van der Waals surface area contributed by atoms with E-state index in [0.717, 1.165) is 17.3 Å². The molecule has 1 aromatic carbocycles. The molecule has 0 fully saturated rings. The SMILES string of the molecule is Cn1c(OC=N)cc2ccccc21. The highest BCUT2D eigenvalue weighted by atomic mass is 16.5. The maximum atomic E-state index is 6.85. The molecule has 66 valence electrons. The molecule has 0 unspecified atom stereocenters. The monoisotopic (exact) mass is 174 g/mol. The van der Waals surface area contributed by atoms with Gasteiger partial charge in [-0.25, -0.2) is 0 Å². The lowest BCUT2D eigenvalue weighted by molar-refractivity contribution is 0.522. The van der Waals surface area contributed by atoms with Crippen LogP contribution in [-0.2, 0) is 7.05 Å². The van der Waals surface area contributed by atoms with E-state index in [-0.39, 0.29) is 0 Å². The molecule has 1 heterocycles. The highest BCUT2D eigenvalue weighted by Crippen LogP contribution is 2.23. The third-order valence-corrected chi connectivity index (χ3v) is 2.09. The Kier molecular flexibility index (Phi) is 1.77. The molecule has 0 spiro atoms. The van der Waals surface area contributed by atoms with Gasteiger partial charge in [-0.3, -0.25) is 5.41 Å². The van der Waals surface area contributed by atoms with Crippen molar-refractivity contribution in [3.05, 3.63) is 30.3 Å². The largest absolute Gasteiger partial charge is 0.430 e. The van der Waals surface area contributed by atoms with E-state index in [1.54, 1.807) is 0 Å². The van der Waals surface area contributed by atoms with Crippen LogP contribution in [0, 0.1) is 5.41 Å². The maximum Gasteiger partial charge on any atom is 0.202 e. The first-order valence-corrected chi connectivity index (χ1v) is 4.03. The Morgan fingerprint density at radius 3 is 2.85 bits per heavy atom. The second kappa shape index (κ2) is 2.94. The standard InChI is InChI=1S/C10H10N2O/c1-12-9-5-3-2-4-8(9)6-10(12)13-7-11/h2-7,11H,1H3. The average Bonchev–Trinajstić information content (AvgIpc) is 2.46. The first-order chi connectivity index (χ1) is 6.33. The number of nitrogens with zero attached hydrogens (tertiary/aromatic N) is 1. The summed E-state index contributed by atoms with van der Waals surface area (Å²) in [6.07, 6.45) is 0.939. The van der Waals surface area contributed by atoms with Crippen LogP contribution in [0.15, 0.2) is 30.3 Å². The van der Waals surface area contributed by atoms with Crippen LogP contribution in [-0.4, -0.2) is 11.0 Å². The fourth-order valence-corrected chi connectivity index (χ4v) is 1.44. The molecule has 0 aliphatic rings. The molecule has 0 saturated carbocycles. The number of ether oxygens (including phenoxy) is 1. The Labute approximate surface area is 76.1 Å². The van der Waals surface area contributed by atoms with Gasteiger partial charge in [0.25, 0.3) is 0 Å². The first-order valence-electron chi connectivity index (χ1n) is 4.03. The van der Waals surface area contributed by atoms with Gasteiger partial charge in [0.2, 0.25) is 5.88 Å². The number of hydrogen-bond donors (Lipinski definition) is 1. The van der Waals surface area contributed by atoms with E-state index in [1.165, 1.54) is 0 Å². The molecule has 0 aliphatic heterocycles. The molecule has 0 atom stereocenters. The molecule has 3 nitrogen and oxygen atoms in total. The number of aromatic nitrogens is 1. The van der Waals surface area contributed by atoms with Crippen molar-refractivity contribution < 1.29 is 4.74 Å². The predicted molar refractivity (Wildman–Crippen MR) is 52.3 cm³/mol. The fourth-order valence-electron chi connectivity index (χ4n) is 1.44. The van der Waals surface area contributed by atoms with E-state index in [2.05, 4.69) is 0 Å². The Morgan fingerprint density at radius 2 is 2.15 bits per heavy atom. The summed E-state index contributed by atoms with van der Waals surface area (Å²) in [5, 5.41) is 7.98. The fraction of sp³-hybridized carbons (Fsp3) is 0.100. The normalized spacial score (nSPS) is 10.2. The number of aryl methyl sites for hydroxylation is 1. The lowest BCUT2D eigenvalue weighted by Crippen LogP contribution is -1.94. The number of benzene rings is 1. The van der Waals surface area contributed by atoms with E-state index >= 15 is 0 Å². The lowest BCUT2D eigenvalue weighted by Gasteiger charge is -2.00. The first kappa shape index (κ1) is 7.86. The van der Waals surface area contributed by atoms with Crippen LogP contribution in [0.5, 0.6) is 5.88 Å². The highest BCUT2D eigenvalue weighted by Gasteiger charge is 2.03. The quantitative estimate of drug-likeness (QED) is 0.550. The zero-order valence-corrected chi connectivity index (χ0v) is 7.32. The summed E-state index contributed by atoms with van der Waals surface area (Å²) in [7, 11) is 1.92. The third-order valence-electron chi connectivity index (χ3n) is 2.09. The molecule has 2 rings (SSSR count). The molecule has 13 heavy (non-hydrogen) atoms. The van der Waals surface area contributed by atoms with Gasteiger partial charge >= 0.3 is 0 Å². The van der Waals surface area contributed by atoms with Crippen LogP contribution in [0.4, 0.5) is 0 Å². The van der Waals surface area contributed by atoms with Crippen LogP contribution in [0.1, 0.15) is 0 Å². The van der Waals surface area contributed by atoms with Crippen molar-refractivity contribution in [3.8, 4) is 5.88 Å². The van der Waals surface area contributed by atoms with Gasteiger partial charge in [-0.05, 0) is 6.07 Å². The summed E-state index contributed by atoms with van der Waals surface area (Å²) in [5.41, 5.74) is 1.11. The summed E-state index contributed by atoms with van der Waals surface area (Å²) in [5.74, 6) is 0.691. The second-order valence-electron chi connectivity index (χ2n) is 2.84. The van der Waals surface area contributed by atoms with Crippen LogP contribution in [0.3, 0.4) is 0 Å². The van der Waals surface area contributed by atoms with Crippen molar-refractivity contribution in [1.29, 1.82) is 5.41 Å². The van der Waals surface area contributed by atoms with Gasteiger partial charge in [0.1, 0.15) is 0 Å². The smallest absolute Gasteiger partial charge is 0.202 e. The van der Waals surface area contributed by atoms with Crippen LogP contribution < -0.4 is 4.74 Å². The van der Waals surface area contributed by atoms with Crippen LogP contribution in [0.25, 0.3) is 10.9 Å². The van der Waals surface area contributed by atoms with E-state index < -0.39 is 0 Å². The van der Waals surface area contributed by atoms with Gasteiger partial charge in [0.15, 0.2) is 6.40 Å². The topological polar surface area (TPSA) is 38.0 Å². The minimum Gasteiger partial charge on any atom is -0.430 e. The van der Waals surface area contributed by atoms with E-state index in [4.69, 9.17) is 10.1 Å². The summed E-state index contributed by atoms with van der Waals surface area (Å²) in [6.45, 7) is 0. The van der Waals surface area contributed by atoms with E-state index in [9.17, 15) is 0 Å². The number of hydrogen-bond acceptors (Lipinski definition) is 2. The molecular formula is C10H10N2O. The lowest BCUT2D eigenvalue weighted by atomic mass is 10.2. The van der Waals surface area contributed by atoms with Gasteiger partial charge in [-0.2, -0.15) is 0 Å². The van der Waals surface area contributed by atoms with Crippen molar-refractivity contribution in [2.75, 3.05) is 0 Å². The molecule has 1 aromatic heterocycles. The number of fused-ring (bicyclic) bond motifs is 1. The molecule has 3 heteroatoms. The number of para-hydroxylation sites is 1. The predicted octanol–water partition coefficient (Wildman–Crippen LogP) is 2.16. The summed E-state index contributed by atoms with van der Waals surface area (Å²) in [6, 6.07) is 9.92. The van der Waals surface area contributed by atoms with Crippen molar-refractivity contribution in [2.24, 2.45) is 7.05 Å². The van der Waals surface area contributed by atoms with Crippen molar-refractivity contribution >= 4 is 17.3 Å². The molecule has 0 amide bonds. The zero-order valence-electron chi connectivity index (χ0n) is 7.32. The van der Waals surface area contributed by atoms with E-state index in [0.29, 0.717) is 5.88 Å². The Balaban J connectivity index is 2.66. The van der Waals surface area contributed by atoms with Crippen molar-refractivity contribution in [1.82, 2.24) is 4.57 Å². The summed E-state index contributed by atoms with van der Waals surface area (Å²) in [4.78, 5) is 0. The van der Waals surface area contributed by atoms with Gasteiger partial charge < -0.3 is 9.30 Å². The number of rotatable bonds is 2. The van der Waals surface area contributed by atoms with Gasteiger partial charge in [-0.15, -0.1) is 0 Å². The minimum atomic E-state index is 0.691. The van der Waals surface area contributed by atoms with Gasteiger partial charge in [0.05, 0.1) is 5.52 Å².